The first-order chi connectivity index (χ1) is 9.59. The Balaban J connectivity index is 2.32. The molecule has 0 saturated heterocycles. The molecule has 0 fully saturated rings. The molecule has 0 aliphatic carbocycles. The van der Waals surface area contributed by atoms with Crippen molar-refractivity contribution in [3.8, 4) is 0 Å². The van der Waals surface area contributed by atoms with Gasteiger partial charge in [0.15, 0.2) is 0 Å². The maximum atomic E-state index is 11.6. The zero-order chi connectivity index (χ0) is 14.8. The standard InChI is InChI=1S/C14H23ClN2O2S/c1-2-17(14-8-4-3-5-9-14)12-7-11-16-20(18,19)13-6-10-15/h3-5,8-9,16H,2,6-7,10-13H2,1H3. The van der Waals surface area contributed by atoms with Crippen molar-refractivity contribution in [2.75, 3.05) is 36.2 Å². The van der Waals surface area contributed by atoms with Gasteiger partial charge in [-0.2, -0.15) is 0 Å². The number of rotatable bonds is 10. The van der Waals surface area contributed by atoms with Gasteiger partial charge in [0, 0.05) is 31.2 Å². The molecule has 0 radical (unpaired) electrons. The Kier molecular flexibility index (Phi) is 7.95. The largest absolute Gasteiger partial charge is 0.372 e. The second kappa shape index (κ2) is 9.21. The van der Waals surface area contributed by atoms with Gasteiger partial charge < -0.3 is 4.90 Å². The van der Waals surface area contributed by atoms with Crippen molar-refractivity contribution in [3.05, 3.63) is 30.3 Å². The van der Waals surface area contributed by atoms with Crippen LogP contribution in [-0.4, -0.2) is 39.7 Å². The van der Waals surface area contributed by atoms with Crippen LogP contribution in [0.1, 0.15) is 19.8 Å². The molecule has 0 aliphatic heterocycles. The predicted molar refractivity (Wildman–Crippen MR) is 86.1 cm³/mol. The Hall–Kier alpha value is -0.780. The van der Waals surface area contributed by atoms with Gasteiger partial charge in [0.2, 0.25) is 10.0 Å². The summed E-state index contributed by atoms with van der Waals surface area (Å²) in [4.78, 5) is 2.23. The highest BCUT2D eigenvalue weighted by atomic mass is 35.5. The molecule has 0 unspecified atom stereocenters. The van der Waals surface area contributed by atoms with Crippen molar-refractivity contribution < 1.29 is 8.42 Å². The molecule has 0 spiro atoms. The van der Waals surface area contributed by atoms with Crippen LogP contribution < -0.4 is 9.62 Å². The summed E-state index contributed by atoms with van der Waals surface area (Å²) in [6.07, 6.45) is 1.27. The Morgan fingerprint density at radius 3 is 2.50 bits per heavy atom. The van der Waals surface area contributed by atoms with Crippen LogP contribution in [-0.2, 0) is 10.0 Å². The van der Waals surface area contributed by atoms with Gasteiger partial charge in [-0.3, -0.25) is 0 Å². The van der Waals surface area contributed by atoms with Crippen molar-refractivity contribution in [2.45, 2.75) is 19.8 Å². The maximum absolute atomic E-state index is 11.6. The SMILES string of the molecule is CCN(CCCNS(=O)(=O)CCCCl)c1ccccc1. The van der Waals surface area contributed by atoms with Gasteiger partial charge in [0.1, 0.15) is 0 Å². The number of sulfonamides is 1. The van der Waals surface area contributed by atoms with Crippen molar-refractivity contribution in [1.29, 1.82) is 0 Å². The lowest BCUT2D eigenvalue weighted by molar-refractivity contribution is 0.577. The third kappa shape index (κ3) is 6.59. The molecule has 0 atom stereocenters. The van der Waals surface area contributed by atoms with Gasteiger partial charge in [-0.25, -0.2) is 13.1 Å². The first kappa shape index (κ1) is 17.3. The van der Waals surface area contributed by atoms with Gasteiger partial charge in [0.25, 0.3) is 0 Å². The van der Waals surface area contributed by atoms with Crippen LogP contribution in [0.4, 0.5) is 5.69 Å². The van der Waals surface area contributed by atoms with Crippen molar-refractivity contribution >= 4 is 27.3 Å². The molecular formula is C14H23ClN2O2S. The van der Waals surface area contributed by atoms with Crippen molar-refractivity contribution in [1.82, 2.24) is 4.72 Å². The first-order valence-electron chi connectivity index (χ1n) is 6.92. The molecule has 4 nitrogen and oxygen atoms in total. The number of alkyl halides is 1. The van der Waals surface area contributed by atoms with E-state index in [0.29, 0.717) is 18.8 Å². The topological polar surface area (TPSA) is 49.4 Å². The van der Waals surface area contributed by atoms with Gasteiger partial charge in [-0.1, -0.05) is 18.2 Å². The number of anilines is 1. The van der Waals surface area contributed by atoms with E-state index in [9.17, 15) is 8.42 Å². The molecule has 0 aliphatic rings. The molecule has 0 bridgehead atoms. The fourth-order valence-corrected chi connectivity index (χ4v) is 3.34. The number of para-hydroxylation sites is 1. The Bertz CT molecular complexity index is 465. The summed E-state index contributed by atoms with van der Waals surface area (Å²) in [5.74, 6) is 0.477. The smallest absolute Gasteiger partial charge is 0.211 e. The lowest BCUT2D eigenvalue weighted by atomic mass is 10.2. The highest BCUT2D eigenvalue weighted by molar-refractivity contribution is 7.89. The number of hydrogen-bond donors (Lipinski definition) is 1. The second-order valence-corrected chi connectivity index (χ2v) is 6.83. The minimum atomic E-state index is -3.17. The molecule has 0 heterocycles. The average molecular weight is 319 g/mol. The average Bonchev–Trinajstić information content (AvgIpc) is 2.46. The van der Waals surface area contributed by atoms with Crippen LogP contribution in [0.25, 0.3) is 0 Å². The number of nitrogens with zero attached hydrogens (tertiary/aromatic N) is 1. The number of nitrogens with one attached hydrogen (secondary N) is 1. The molecule has 1 aromatic carbocycles. The zero-order valence-corrected chi connectivity index (χ0v) is 13.5. The van der Waals surface area contributed by atoms with E-state index < -0.39 is 10.0 Å². The molecular weight excluding hydrogens is 296 g/mol. The quantitative estimate of drug-likeness (QED) is 0.532. The minimum absolute atomic E-state index is 0.104. The van der Waals surface area contributed by atoms with E-state index in [2.05, 4.69) is 28.7 Å². The predicted octanol–water partition coefficient (Wildman–Crippen LogP) is 2.45. The molecule has 1 N–H and O–H groups in total. The van der Waals surface area contributed by atoms with E-state index in [1.165, 1.54) is 5.69 Å². The molecule has 1 rings (SSSR count). The third-order valence-electron chi connectivity index (χ3n) is 2.98. The first-order valence-corrected chi connectivity index (χ1v) is 9.11. The lowest BCUT2D eigenvalue weighted by Gasteiger charge is -2.23. The lowest BCUT2D eigenvalue weighted by Crippen LogP contribution is -2.31. The Morgan fingerprint density at radius 2 is 1.90 bits per heavy atom. The Morgan fingerprint density at radius 1 is 1.20 bits per heavy atom. The van der Waals surface area contributed by atoms with E-state index in [4.69, 9.17) is 11.6 Å². The van der Waals surface area contributed by atoms with Crippen LogP contribution in [0.15, 0.2) is 30.3 Å². The van der Waals surface area contributed by atoms with E-state index in [-0.39, 0.29) is 5.75 Å². The summed E-state index contributed by atoms with van der Waals surface area (Å²) in [5, 5.41) is 0. The molecule has 0 aromatic heterocycles. The molecule has 6 heteroatoms. The van der Waals surface area contributed by atoms with E-state index in [1.807, 2.05) is 18.2 Å². The second-order valence-electron chi connectivity index (χ2n) is 4.52. The highest BCUT2D eigenvalue weighted by Gasteiger charge is 2.09. The molecule has 20 heavy (non-hydrogen) atoms. The Labute approximate surface area is 127 Å². The fourth-order valence-electron chi connectivity index (χ4n) is 1.92. The number of benzene rings is 1. The summed E-state index contributed by atoms with van der Waals surface area (Å²) in [5.41, 5.74) is 1.17. The van der Waals surface area contributed by atoms with Crippen molar-refractivity contribution in [2.24, 2.45) is 0 Å². The van der Waals surface area contributed by atoms with E-state index >= 15 is 0 Å². The highest BCUT2D eigenvalue weighted by Crippen LogP contribution is 2.12. The van der Waals surface area contributed by atoms with Crippen molar-refractivity contribution in [3.63, 3.8) is 0 Å². The van der Waals surface area contributed by atoms with Gasteiger partial charge in [0.05, 0.1) is 5.75 Å². The molecule has 1 aromatic rings. The molecule has 0 amide bonds. The monoisotopic (exact) mass is 318 g/mol. The summed E-state index contributed by atoms with van der Waals surface area (Å²) in [6.45, 7) is 4.30. The maximum Gasteiger partial charge on any atom is 0.211 e. The summed E-state index contributed by atoms with van der Waals surface area (Å²) < 4.78 is 25.8. The third-order valence-corrected chi connectivity index (χ3v) is 4.71. The zero-order valence-electron chi connectivity index (χ0n) is 11.9. The van der Waals surface area contributed by atoms with Crippen LogP contribution in [0.3, 0.4) is 0 Å². The van der Waals surface area contributed by atoms with Gasteiger partial charge in [-0.05, 0) is 31.9 Å². The fraction of sp³-hybridized carbons (Fsp3) is 0.571. The molecule has 0 saturated carbocycles. The minimum Gasteiger partial charge on any atom is -0.372 e. The number of halogens is 1. The summed E-state index contributed by atoms with van der Waals surface area (Å²) >= 11 is 5.50. The van der Waals surface area contributed by atoms with Crippen LogP contribution in [0.5, 0.6) is 0 Å². The number of hydrogen-bond acceptors (Lipinski definition) is 3. The normalized spacial score (nSPS) is 11.5. The van der Waals surface area contributed by atoms with Crippen LogP contribution in [0, 0.1) is 0 Å². The summed E-state index contributed by atoms with van der Waals surface area (Å²) in [6, 6.07) is 10.1. The molecule has 114 valence electrons. The van der Waals surface area contributed by atoms with E-state index in [0.717, 1.165) is 19.5 Å². The van der Waals surface area contributed by atoms with Crippen LogP contribution >= 0.6 is 11.6 Å². The van der Waals surface area contributed by atoms with E-state index in [1.54, 1.807) is 0 Å². The van der Waals surface area contributed by atoms with Gasteiger partial charge in [-0.15, -0.1) is 11.6 Å². The summed E-state index contributed by atoms with van der Waals surface area (Å²) in [7, 11) is -3.17. The van der Waals surface area contributed by atoms with Gasteiger partial charge >= 0.3 is 0 Å². The van der Waals surface area contributed by atoms with Crippen LogP contribution in [0.2, 0.25) is 0 Å².